The normalized spacial score (nSPS) is 13.4. The number of hydrogen-bond donors (Lipinski definition) is 2. The van der Waals surface area contributed by atoms with Crippen molar-refractivity contribution in [1.82, 2.24) is 40.4 Å². The van der Waals surface area contributed by atoms with Gasteiger partial charge in [0.2, 0.25) is 0 Å². The summed E-state index contributed by atoms with van der Waals surface area (Å²) in [6, 6.07) is 8.98. The second-order valence-corrected chi connectivity index (χ2v) is 17.2. The molecule has 9 heteroatoms. The van der Waals surface area contributed by atoms with Crippen molar-refractivity contribution in [3.63, 3.8) is 0 Å². The molecule has 0 unspecified atom stereocenters. The summed E-state index contributed by atoms with van der Waals surface area (Å²) in [4.78, 5) is 25.3. The molecule has 0 atom stereocenters. The fraction of sp³-hybridized carbons (Fsp3) is 0.552. The molecule has 2 N–H and O–H groups in total. The SMILES string of the molecule is CCC1=C(CC)c2cc3[n-]c(cc4nc(cc5[n-]c(cc1n2)c(CC)c5CC)C(CC)=C4CC)c(CC)c3CC.CCCC.CCCC.CCCCN1C=CN[CH-]1.CCCCN1C=CN[CH-]1.[Ir]. The van der Waals surface area contributed by atoms with E-state index in [0.717, 1.165) is 109 Å². The van der Waals surface area contributed by atoms with Crippen molar-refractivity contribution >= 4 is 44.4 Å². The van der Waals surface area contributed by atoms with Crippen LogP contribution in [0.3, 0.4) is 0 Å². The third-order valence-electron chi connectivity index (χ3n) is 12.6. The smallest absolute Gasteiger partial charge is 0.0660 e. The molecule has 375 valence electrons. The van der Waals surface area contributed by atoms with Crippen LogP contribution in [0.4, 0.5) is 0 Å². The van der Waals surface area contributed by atoms with Gasteiger partial charge in [0.05, 0.1) is 22.8 Å². The Morgan fingerprint density at radius 3 is 0.851 bits per heavy atom. The zero-order valence-corrected chi connectivity index (χ0v) is 46.9. The van der Waals surface area contributed by atoms with Crippen LogP contribution in [0.15, 0.2) is 49.1 Å². The van der Waals surface area contributed by atoms with E-state index in [1.807, 2.05) is 25.7 Å². The van der Waals surface area contributed by atoms with Gasteiger partial charge in [-0.05, 0) is 124 Å². The zero-order valence-electron chi connectivity index (χ0n) is 44.5. The molecule has 3 aromatic heterocycles. The summed E-state index contributed by atoms with van der Waals surface area (Å²) in [6.07, 6.45) is 25.9. The fourth-order valence-electron chi connectivity index (χ4n) is 8.53. The Morgan fingerprint density at radius 1 is 0.403 bits per heavy atom. The Morgan fingerprint density at radius 2 is 0.672 bits per heavy atom. The van der Waals surface area contributed by atoms with Gasteiger partial charge in [0.15, 0.2) is 0 Å². The molecule has 0 aromatic carbocycles. The molecule has 3 aromatic rings. The average Bonchev–Trinajstić information content (AvgIpc) is 4.22. The van der Waals surface area contributed by atoms with Crippen LogP contribution in [-0.4, -0.2) is 32.9 Å². The molecule has 0 fully saturated rings. The minimum atomic E-state index is 0. The number of allylic oxidation sites excluding steroid dienone is 4. The molecule has 0 aliphatic carbocycles. The quantitative estimate of drug-likeness (QED) is 0.137. The number of hydrogen-bond acceptors (Lipinski definition) is 6. The summed E-state index contributed by atoms with van der Waals surface area (Å²) in [5, 5.41) is 6.00. The molecule has 1 radical (unpaired) electrons. The summed E-state index contributed by atoms with van der Waals surface area (Å²) < 4.78 is 0. The van der Waals surface area contributed by atoms with Gasteiger partial charge in [0.1, 0.15) is 0 Å². The summed E-state index contributed by atoms with van der Waals surface area (Å²) in [5.74, 6) is 0. The predicted molar refractivity (Wildman–Crippen MR) is 289 cm³/mol. The van der Waals surface area contributed by atoms with E-state index in [1.54, 1.807) is 0 Å². The van der Waals surface area contributed by atoms with Gasteiger partial charge >= 0.3 is 0 Å². The van der Waals surface area contributed by atoms with E-state index < -0.39 is 0 Å². The number of fused-ring (bicyclic) bond motifs is 8. The molecule has 8 nitrogen and oxygen atoms in total. The van der Waals surface area contributed by atoms with E-state index in [4.69, 9.17) is 19.9 Å². The summed E-state index contributed by atoms with van der Waals surface area (Å²) >= 11 is 0. The second-order valence-electron chi connectivity index (χ2n) is 17.2. The van der Waals surface area contributed by atoms with Crippen molar-refractivity contribution in [2.45, 2.75) is 200 Å². The van der Waals surface area contributed by atoms with Crippen molar-refractivity contribution in [2.75, 3.05) is 13.1 Å². The van der Waals surface area contributed by atoms with Crippen LogP contribution >= 0.6 is 0 Å². The summed E-state index contributed by atoms with van der Waals surface area (Å²) in [5.41, 5.74) is 19.1. The molecular formula is C58H90IrN8-4. The van der Waals surface area contributed by atoms with Gasteiger partial charge in [0.25, 0.3) is 0 Å². The molecule has 0 saturated carbocycles. The monoisotopic (exact) mass is 1090 g/mol. The van der Waals surface area contributed by atoms with E-state index in [2.05, 4.69) is 154 Å². The van der Waals surface area contributed by atoms with E-state index in [1.165, 1.54) is 95.9 Å². The third kappa shape index (κ3) is 16.5. The van der Waals surface area contributed by atoms with Crippen molar-refractivity contribution in [2.24, 2.45) is 0 Å². The molecule has 0 amide bonds. The molecule has 4 aliphatic rings. The Balaban J connectivity index is 0.000000461. The van der Waals surface area contributed by atoms with Crippen molar-refractivity contribution in [1.29, 1.82) is 0 Å². The van der Waals surface area contributed by atoms with Gasteiger partial charge in [-0.15, -0.1) is 22.1 Å². The topological polar surface area (TPSA) is 84.5 Å². The van der Waals surface area contributed by atoms with Gasteiger partial charge in [0, 0.05) is 20.1 Å². The van der Waals surface area contributed by atoms with E-state index >= 15 is 0 Å². The molecule has 8 bridgehead atoms. The molecule has 0 saturated heterocycles. The van der Waals surface area contributed by atoms with Crippen LogP contribution in [0.2, 0.25) is 0 Å². The maximum absolute atomic E-state index is 5.25. The number of unbranched alkanes of at least 4 members (excludes halogenated alkanes) is 4. The van der Waals surface area contributed by atoms with Crippen molar-refractivity contribution < 1.29 is 20.1 Å². The third-order valence-corrected chi connectivity index (χ3v) is 12.6. The first-order chi connectivity index (χ1) is 32.1. The van der Waals surface area contributed by atoms with E-state index in [9.17, 15) is 0 Å². The van der Waals surface area contributed by atoms with Gasteiger partial charge < -0.3 is 30.4 Å². The number of rotatable bonds is 16. The molecular weight excluding hydrogens is 1000 g/mol. The maximum Gasteiger partial charge on any atom is 0.0660 e. The molecule has 4 aliphatic heterocycles. The molecule has 0 spiro atoms. The van der Waals surface area contributed by atoms with Crippen LogP contribution in [0.5, 0.6) is 0 Å². The standard InChI is InChI=1S/C36H44N4.2C7H13N2.2C4H10.Ir/c1-9-21-22(10-2)30-18-32-25(13-5)26(14-6)34(39-32)20-36-28(16-8)27(15-7)35(40-36)19-33-24(12-4)23(11-3)31(38-33)17-29(21)37-30;2*1-2-3-5-9-6-4-8-7-9;2*1-3-4-2;/h17-20H,9-16H2,1-8H3;2*4,6-8H,2-3,5H2,1H3;2*3-4H2,1-2H3;/q-2;2*-1;;;. The number of nitrogens with one attached hydrogen (secondary N) is 2. The number of aromatic nitrogens is 4. The van der Waals surface area contributed by atoms with Gasteiger partial charge in [-0.1, -0.05) is 182 Å². The zero-order chi connectivity index (χ0) is 48.4. The predicted octanol–water partition coefficient (Wildman–Crippen LogP) is 15.5. The van der Waals surface area contributed by atoms with E-state index in [0.29, 0.717) is 0 Å². The molecule has 67 heavy (non-hydrogen) atoms. The van der Waals surface area contributed by atoms with E-state index in [-0.39, 0.29) is 20.1 Å². The Bertz CT molecular complexity index is 1930. The minimum absolute atomic E-state index is 0. The first-order valence-electron chi connectivity index (χ1n) is 26.3. The number of aryl methyl sites for hydroxylation is 4. The average molecular weight is 1090 g/mol. The maximum atomic E-state index is 5.25. The first-order valence-corrected chi connectivity index (χ1v) is 26.3. The Kier molecular flexibility index (Phi) is 28.8. The Labute approximate surface area is 422 Å². The van der Waals surface area contributed by atoms with Crippen LogP contribution in [-0.2, 0) is 45.8 Å². The largest absolute Gasteiger partial charge is 0.657 e. The first kappa shape index (κ1) is 59.1. The van der Waals surface area contributed by atoms with Crippen LogP contribution in [0.1, 0.15) is 219 Å². The van der Waals surface area contributed by atoms with Crippen LogP contribution in [0, 0.1) is 13.3 Å². The van der Waals surface area contributed by atoms with Gasteiger partial charge in [-0.3, -0.25) is 0 Å². The Hall–Kier alpha value is -4.07. The number of nitrogens with zero attached hydrogens (tertiary/aromatic N) is 6. The molecule has 7 rings (SSSR count). The minimum Gasteiger partial charge on any atom is -0.657 e. The van der Waals surface area contributed by atoms with Crippen molar-refractivity contribution in [3.8, 4) is 0 Å². The van der Waals surface area contributed by atoms with Gasteiger partial charge in [-0.25, -0.2) is 9.97 Å². The summed E-state index contributed by atoms with van der Waals surface area (Å²) in [7, 11) is 0. The second kappa shape index (κ2) is 32.6. The van der Waals surface area contributed by atoms with Crippen LogP contribution in [0.25, 0.3) is 44.4 Å². The van der Waals surface area contributed by atoms with Crippen molar-refractivity contribution in [3.05, 3.63) is 107 Å². The summed E-state index contributed by atoms with van der Waals surface area (Å²) in [6.45, 7) is 37.3. The molecule has 7 heterocycles. The van der Waals surface area contributed by atoms with Gasteiger partial charge in [-0.2, -0.15) is 13.3 Å². The fourth-order valence-corrected chi connectivity index (χ4v) is 8.53. The van der Waals surface area contributed by atoms with Crippen LogP contribution < -0.4 is 20.6 Å².